The van der Waals surface area contributed by atoms with Crippen molar-refractivity contribution in [2.75, 3.05) is 19.9 Å². The maximum absolute atomic E-state index is 11.7. The van der Waals surface area contributed by atoms with Crippen LogP contribution in [0.1, 0.15) is 24.4 Å². The van der Waals surface area contributed by atoms with Crippen LogP contribution in [0, 0.1) is 0 Å². The van der Waals surface area contributed by atoms with Crippen molar-refractivity contribution in [2.45, 2.75) is 25.0 Å². The van der Waals surface area contributed by atoms with Gasteiger partial charge in [0.15, 0.2) is 11.5 Å². The van der Waals surface area contributed by atoms with Crippen LogP contribution in [0.2, 0.25) is 0 Å². The zero-order valence-corrected chi connectivity index (χ0v) is 11.1. The van der Waals surface area contributed by atoms with Gasteiger partial charge in [-0.3, -0.25) is 10.1 Å². The second kappa shape index (κ2) is 5.68. The lowest BCUT2D eigenvalue weighted by atomic mass is 10.1. The molecular weight excluding hydrogens is 260 g/mol. The van der Waals surface area contributed by atoms with Crippen molar-refractivity contribution in [1.82, 2.24) is 5.32 Å². The van der Waals surface area contributed by atoms with Gasteiger partial charge in [-0.1, -0.05) is 6.07 Å². The van der Waals surface area contributed by atoms with Crippen molar-refractivity contribution >= 4 is 5.91 Å². The Balaban J connectivity index is 1.71. The number of rotatable bonds is 5. The van der Waals surface area contributed by atoms with Crippen LogP contribution in [-0.4, -0.2) is 32.0 Å². The highest BCUT2D eigenvalue weighted by molar-refractivity contribution is 5.81. The number of benzene rings is 1. The van der Waals surface area contributed by atoms with Gasteiger partial charge in [-0.05, 0) is 30.5 Å². The molecule has 2 aliphatic heterocycles. The van der Waals surface area contributed by atoms with Crippen LogP contribution >= 0.6 is 0 Å². The number of ether oxygens (including phenoxy) is 3. The van der Waals surface area contributed by atoms with Gasteiger partial charge in [-0.2, -0.15) is 0 Å². The maximum Gasteiger partial charge on any atom is 0.239 e. The average Bonchev–Trinajstić information content (AvgIpc) is 3.08. The number of hydrogen-bond donors (Lipinski definition) is 2. The third-order valence-corrected chi connectivity index (χ3v) is 3.59. The highest BCUT2D eigenvalue weighted by Crippen LogP contribution is 2.34. The van der Waals surface area contributed by atoms with E-state index in [1.165, 1.54) is 0 Å². The van der Waals surface area contributed by atoms with Crippen molar-refractivity contribution in [3.63, 3.8) is 0 Å². The molecule has 0 spiro atoms. The number of nitrogens with one attached hydrogen (secondary N) is 1. The lowest BCUT2D eigenvalue weighted by molar-refractivity contribution is -0.120. The van der Waals surface area contributed by atoms with Gasteiger partial charge in [0.2, 0.25) is 12.7 Å². The first-order valence-corrected chi connectivity index (χ1v) is 6.78. The third-order valence-electron chi connectivity index (χ3n) is 3.59. The van der Waals surface area contributed by atoms with Crippen molar-refractivity contribution in [3.8, 4) is 11.5 Å². The van der Waals surface area contributed by atoms with Crippen molar-refractivity contribution < 1.29 is 19.0 Å². The van der Waals surface area contributed by atoms with Crippen LogP contribution in [0.3, 0.4) is 0 Å². The molecule has 1 fully saturated rings. The minimum absolute atomic E-state index is 0.158. The Morgan fingerprint density at radius 3 is 3.00 bits per heavy atom. The Morgan fingerprint density at radius 2 is 2.25 bits per heavy atom. The zero-order chi connectivity index (χ0) is 13.9. The summed E-state index contributed by atoms with van der Waals surface area (Å²) < 4.78 is 16.1. The second-order valence-corrected chi connectivity index (χ2v) is 4.99. The van der Waals surface area contributed by atoms with E-state index in [-0.39, 0.29) is 12.9 Å². The average molecular weight is 278 g/mol. The number of hydrogen-bond acceptors (Lipinski definition) is 5. The molecule has 1 aromatic rings. The van der Waals surface area contributed by atoms with E-state index in [1.807, 2.05) is 6.07 Å². The van der Waals surface area contributed by atoms with Crippen LogP contribution in [0.25, 0.3) is 0 Å². The number of fused-ring (bicyclic) bond motifs is 1. The number of nitrogens with two attached hydrogens (primary N) is 1. The molecule has 2 heterocycles. The van der Waals surface area contributed by atoms with E-state index in [1.54, 1.807) is 12.1 Å². The molecule has 0 bridgehead atoms. The molecule has 108 valence electrons. The summed E-state index contributed by atoms with van der Waals surface area (Å²) in [7, 11) is 0. The number of amides is 1. The molecule has 1 amide bonds. The molecule has 6 nitrogen and oxygen atoms in total. The first-order valence-electron chi connectivity index (χ1n) is 6.78. The Kier molecular flexibility index (Phi) is 3.75. The van der Waals surface area contributed by atoms with E-state index in [2.05, 4.69) is 5.32 Å². The predicted octanol–water partition coefficient (Wildman–Crippen LogP) is 0.710. The first kappa shape index (κ1) is 13.2. The van der Waals surface area contributed by atoms with Crippen LogP contribution in [0.5, 0.6) is 11.5 Å². The molecule has 1 saturated heterocycles. The Bertz CT molecular complexity index is 500. The molecule has 3 N–H and O–H groups in total. The third kappa shape index (κ3) is 2.71. The summed E-state index contributed by atoms with van der Waals surface area (Å²) in [5.41, 5.74) is 6.26. The van der Waals surface area contributed by atoms with Crippen molar-refractivity contribution in [3.05, 3.63) is 23.8 Å². The minimum Gasteiger partial charge on any atom is -0.454 e. The highest BCUT2D eigenvalue weighted by atomic mass is 16.7. The molecule has 2 atom stereocenters. The lowest BCUT2D eigenvalue weighted by Gasteiger charge is -2.18. The summed E-state index contributed by atoms with van der Waals surface area (Å²) in [5.74, 6) is 0.922. The molecule has 20 heavy (non-hydrogen) atoms. The van der Waals surface area contributed by atoms with E-state index in [0.29, 0.717) is 18.0 Å². The molecule has 0 radical (unpaired) electrons. The monoisotopic (exact) mass is 278 g/mol. The van der Waals surface area contributed by atoms with Gasteiger partial charge in [0.25, 0.3) is 0 Å². The topological polar surface area (TPSA) is 82.8 Å². The molecule has 3 rings (SSSR count). The molecule has 2 unspecified atom stereocenters. The van der Waals surface area contributed by atoms with Gasteiger partial charge in [0.1, 0.15) is 6.04 Å². The fourth-order valence-corrected chi connectivity index (χ4v) is 2.53. The summed E-state index contributed by atoms with van der Waals surface area (Å²) >= 11 is 0. The highest BCUT2D eigenvalue weighted by Gasteiger charge is 2.23. The molecule has 2 aliphatic rings. The van der Waals surface area contributed by atoms with Crippen LogP contribution in [-0.2, 0) is 9.53 Å². The Hall–Kier alpha value is -1.79. The van der Waals surface area contributed by atoms with Gasteiger partial charge in [0.05, 0.1) is 6.10 Å². The fraction of sp³-hybridized carbons (Fsp3) is 0.500. The van der Waals surface area contributed by atoms with E-state index < -0.39 is 11.9 Å². The largest absolute Gasteiger partial charge is 0.454 e. The van der Waals surface area contributed by atoms with Crippen LogP contribution in [0.15, 0.2) is 18.2 Å². The summed E-state index contributed by atoms with van der Waals surface area (Å²) in [6, 6.07) is 4.86. The van der Waals surface area contributed by atoms with Gasteiger partial charge in [0, 0.05) is 13.2 Å². The van der Waals surface area contributed by atoms with Crippen LogP contribution < -0.4 is 20.5 Å². The standard InChI is InChI=1S/C14H18N2O4/c15-14(17)13(16-7-10-2-1-5-18-10)9-3-4-11-12(6-9)20-8-19-11/h3-4,6,10,13,16H,1-2,5,7-8H2,(H2,15,17). The molecule has 0 aromatic heterocycles. The number of carbonyl (C=O) groups is 1. The fourth-order valence-electron chi connectivity index (χ4n) is 2.53. The summed E-state index contributed by atoms with van der Waals surface area (Å²) in [6.07, 6.45) is 2.24. The van der Waals surface area contributed by atoms with Gasteiger partial charge < -0.3 is 19.9 Å². The zero-order valence-electron chi connectivity index (χ0n) is 11.1. The summed E-state index contributed by atoms with van der Waals surface area (Å²) in [5, 5.41) is 3.17. The van der Waals surface area contributed by atoms with E-state index in [9.17, 15) is 4.79 Å². The Morgan fingerprint density at radius 1 is 1.40 bits per heavy atom. The molecular formula is C14H18N2O4. The predicted molar refractivity (Wildman–Crippen MR) is 71.5 cm³/mol. The minimum atomic E-state index is -0.548. The number of primary amides is 1. The Labute approximate surface area is 117 Å². The van der Waals surface area contributed by atoms with Gasteiger partial charge >= 0.3 is 0 Å². The van der Waals surface area contributed by atoms with Gasteiger partial charge in [-0.25, -0.2) is 0 Å². The van der Waals surface area contributed by atoms with E-state index >= 15 is 0 Å². The maximum atomic E-state index is 11.7. The smallest absolute Gasteiger partial charge is 0.239 e. The SMILES string of the molecule is NC(=O)C(NCC1CCCO1)c1ccc2c(c1)OCO2. The molecule has 1 aromatic carbocycles. The second-order valence-electron chi connectivity index (χ2n) is 4.99. The van der Waals surface area contributed by atoms with Crippen molar-refractivity contribution in [1.29, 1.82) is 0 Å². The van der Waals surface area contributed by atoms with E-state index in [0.717, 1.165) is 25.0 Å². The molecule has 6 heteroatoms. The summed E-state index contributed by atoms with van der Waals surface area (Å²) in [6.45, 7) is 1.61. The lowest BCUT2D eigenvalue weighted by Crippen LogP contribution is -2.37. The van der Waals surface area contributed by atoms with Crippen molar-refractivity contribution in [2.24, 2.45) is 5.73 Å². The quantitative estimate of drug-likeness (QED) is 0.829. The van der Waals surface area contributed by atoms with E-state index in [4.69, 9.17) is 19.9 Å². The number of carbonyl (C=O) groups excluding carboxylic acids is 1. The normalized spacial score (nSPS) is 21.9. The molecule has 0 saturated carbocycles. The van der Waals surface area contributed by atoms with Crippen LogP contribution in [0.4, 0.5) is 0 Å². The summed E-state index contributed by atoms with van der Waals surface area (Å²) in [4.78, 5) is 11.7. The van der Waals surface area contributed by atoms with Gasteiger partial charge in [-0.15, -0.1) is 0 Å². The molecule has 0 aliphatic carbocycles. The first-order chi connectivity index (χ1) is 9.74.